The Morgan fingerprint density at radius 2 is 1.63 bits per heavy atom. The second kappa shape index (κ2) is 9.05. The van der Waals surface area contributed by atoms with Crippen LogP contribution in [0.25, 0.3) is 22.3 Å². The van der Waals surface area contributed by atoms with E-state index in [9.17, 15) is 9.59 Å². The zero-order chi connectivity index (χ0) is 20.9. The normalized spacial score (nSPS) is 10.8. The predicted molar refractivity (Wildman–Crippen MR) is 120 cm³/mol. The van der Waals surface area contributed by atoms with Crippen LogP contribution in [-0.2, 0) is 11.3 Å². The van der Waals surface area contributed by atoms with Gasteiger partial charge in [0.05, 0.1) is 23.1 Å². The molecule has 30 heavy (non-hydrogen) atoms. The molecule has 6 heteroatoms. The highest BCUT2D eigenvalue weighted by Gasteiger charge is 2.13. The minimum absolute atomic E-state index is 0.0984. The minimum atomic E-state index is -0.380. The predicted octanol–water partition coefficient (Wildman–Crippen LogP) is 5.07. The molecule has 0 atom stereocenters. The van der Waals surface area contributed by atoms with Gasteiger partial charge in [0.2, 0.25) is 0 Å². The molecule has 0 spiro atoms. The molecule has 0 N–H and O–H groups in total. The van der Waals surface area contributed by atoms with Crippen molar-refractivity contribution in [3.63, 3.8) is 0 Å². The van der Waals surface area contributed by atoms with Crippen LogP contribution in [0.1, 0.15) is 16.8 Å². The molecule has 4 aromatic rings. The van der Waals surface area contributed by atoms with Crippen LogP contribution >= 0.6 is 15.9 Å². The molecule has 0 bridgehead atoms. The third kappa shape index (κ3) is 4.33. The molecule has 0 fully saturated rings. The summed E-state index contributed by atoms with van der Waals surface area (Å²) in [7, 11) is 0. The lowest BCUT2D eigenvalue weighted by Gasteiger charge is -2.14. The first kappa shape index (κ1) is 20.0. The van der Waals surface area contributed by atoms with Gasteiger partial charge in [-0.2, -0.15) is 0 Å². The van der Waals surface area contributed by atoms with Crippen molar-refractivity contribution in [3.8, 4) is 11.4 Å². The molecule has 0 saturated heterocycles. The van der Waals surface area contributed by atoms with Crippen molar-refractivity contribution in [1.82, 2.24) is 9.55 Å². The van der Waals surface area contributed by atoms with Gasteiger partial charge in [-0.3, -0.25) is 9.36 Å². The fraction of sp³-hybridized carbons (Fsp3) is 0.125. The second-order valence-corrected chi connectivity index (χ2v) is 7.69. The Bertz CT molecular complexity index is 1240. The lowest BCUT2D eigenvalue weighted by Crippen LogP contribution is -2.24. The van der Waals surface area contributed by atoms with Crippen molar-refractivity contribution in [3.05, 3.63) is 99.3 Å². The number of ether oxygens (including phenoxy) is 1. The van der Waals surface area contributed by atoms with E-state index in [-0.39, 0.29) is 18.1 Å². The summed E-state index contributed by atoms with van der Waals surface area (Å²) in [4.78, 5) is 30.0. The van der Waals surface area contributed by atoms with Crippen molar-refractivity contribution in [1.29, 1.82) is 0 Å². The Morgan fingerprint density at radius 3 is 2.40 bits per heavy atom. The number of nitrogens with zero attached hydrogens (tertiary/aromatic N) is 2. The number of hydrogen-bond acceptors (Lipinski definition) is 4. The summed E-state index contributed by atoms with van der Waals surface area (Å²) in [6, 6.07) is 23.9. The SMILES string of the molecule is O=C(OCCCn1c(-c2ccccc2)nc2ccccc2c1=O)c1ccc(Br)cc1. The monoisotopic (exact) mass is 462 g/mol. The molecule has 0 unspecified atom stereocenters. The molecule has 0 amide bonds. The Morgan fingerprint density at radius 1 is 0.933 bits per heavy atom. The van der Waals surface area contributed by atoms with Crippen molar-refractivity contribution < 1.29 is 9.53 Å². The molecule has 0 aliphatic heterocycles. The molecule has 0 radical (unpaired) electrons. The number of halogens is 1. The molecule has 3 aromatic carbocycles. The van der Waals surface area contributed by atoms with Crippen LogP contribution in [0, 0.1) is 0 Å². The third-order valence-corrected chi connectivity index (χ3v) is 5.26. The maximum Gasteiger partial charge on any atom is 0.338 e. The van der Waals surface area contributed by atoms with Crippen LogP contribution in [0.4, 0.5) is 0 Å². The maximum absolute atomic E-state index is 13.1. The standard InChI is InChI=1S/C24H19BrN2O3/c25-19-13-11-18(12-14-19)24(29)30-16-6-15-27-22(17-7-2-1-3-8-17)26-21-10-5-4-9-20(21)23(27)28/h1-5,7-14H,6,15-16H2. The van der Waals surface area contributed by atoms with Gasteiger partial charge in [-0.1, -0.05) is 58.4 Å². The van der Waals surface area contributed by atoms with Crippen LogP contribution in [-0.4, -0.2) is 22.1 Å². The van der Waals surface area contributed by atoms with E-state index in [0.29, 0.717) is 35.3 Å². The largest absolute Gasteiger partial charge is 0.462 e. The summed E-state index contributed by atoms with van der Waals surface area (Å²) in [5.41, 5.74) is 1.93. The quantitative estimate of drug-likeness (QED) is 0.296. The first-order valence-corrected chi connectivity index (χ1v) is 10.4. The van der Waals surface area contributed by atoms with Gasteiger partial charge >= 0.3 is 5.97 Å². The highest BCUT2D eigenvalue weighted by Crippen LogP contribution is 2.19. The number of aromatic nitrogens is 2. The number of fused-ring (bicyclic) bond motifs is 1. The third-order valence-electron chi connectivity index (χ3n) is 4.73. The van der Waals surface area contributed by atoms with Gasteiger partial charge in [0.15, 0.2) is 0 Å². The van der Waals surface area contributed by atoms with E-state index >= 15 is 0 Å². The second-order valence-electron chi connectivity index (χ2n) is 6.77. The van der Waals surface area contributed by atoms with Gasteiger partial charge < -0.3 is 4.74 Å². The van der Waals surface area contributed by atoms with Crippen LogP contribution in [0.3, 0.4) is 0 Å². The Labute approximate surface area is 182 Å². The smallest absolute Gasteiger partial charge is 0.338 e. The van der Waals surface area contributed by atoms with Crippen LogP contribution in [0.2, 0.25) is 0 Å². The summed E-state index contributed by atoms with van der Waals surface area (Å²) in [5, 5.41) is 0.573. The number of carbonyl (C=O) groups is 1. The Kier molecular flexibility index (Phi) is 6.05. The van der Waals surface area contributed by atoms with Crippen LogP contribution in [0.15, 0.2) is 88.1 Å². The van der Waals surface area contributed by atoms with Crippen LogP contribution in [0.5, 0.6) is 0 Å². The molecular formula is C24H19BrN2O3. The lowest BCUT2D eigenvalue weighted by molar-refractivity contribution is 0.0496. The van der Waals surface area contributed by atoms with Gasteiger partial charge in [0, 0.05) is 16.6 Å². The molecule has 150 valence electrons. The Hall–Kier alpha value is -3.25. The fourth-order valence-electron chi connectivity index (χ4n) is 3.24. The zero-order valence-electron chi connectivity index (χ0n) is 16.1. The number of para-hydroxylation sites is 1. The number of esters is 1. The minimum Gasteiger partial charge on any atom is -0.462 e. The number of carbonyl (C=O) groups excluding carboxylic acids is 1. The summed E-state index contributed by atoms with van der Waals surface area (Å²) >= 11 is 3.34. The average molecular weight is 463 g/mol. The maximum atomic E-state index is 13.1. The molecular weight excluding hydrogens is 444 g/mol. The summed E-state index contributed by atoms with van der Waals surface area (Å²) in [6.45, 7) is 0.608. The van der Waals surface area contributed by atoms with Gasteiger partial charge in [0.25, 0.3) is 5.56 Å². The number of hydrogen-bond donors (Lipinski definition) is 0. The molecule has 0 aliphatic carbocycles. The summed E-state index contributed by atoms with van der Waals surface area (Å²) in [5.74, 6) is 0.230. The summed E-state index contributed by atoms with van der Waals surface area (Å²) < 4.78 is 7.93. The molecule has 1 aromatic heterocycles. The van der Waals surface area contributed by atoms with Gasteiger partial charge in [-0.25, -0.2) is 9.78 Å². The summed E-state index contributed by atoms with van der Waals surface area (Å²) in [6.07, 6.45) is 0.502. The lowest BCUT2D eigenvalue weighted by atomic mass is 10.1. The molecule has 0 aliphatic rings. The van der Waals surface area contributed by atoms with Gasteiger partial charge in [-0.05, 0) is 42.8 Å². The van der Waals surface area contributed by atoms with Gasteiger partial charge in [-0.15, -0.1) is 0 Å². The molecule has 0 saturated carbocycles. The number of benzene rings is 3. The van der Waals surface area contributed by atoms with E-state index in [1.807, 2.05) is 48.5 Å². The van der Waals surface area contributed by atoms with E-state index in [4.69, 9.17) is 9.72 Å². The first-order chi connectivity index (χ1) is 14.6. The average Bonchev–Trinajstić information content (AvgIpc) is 2.78. The topological polar surface area (TPSA) is 61.2 Å². The van der Waals surface area contributed by atoms with E-state index in [1.165, 1.54) is 0 Å². The van der Waals surface area contributed by atoms with E-state index in [2.05, 4.69) is 15.9 Å². The highest BCUT2D eigenvalue weighted by atomic mass is 79.9. The van der Waals surface area contributed by atoms with Crippen molar-refractivity contribution in [2.75, 3.05) is 6.61 Å². The number of rotatable bonds is 6. The highest BCUT2D eigenvalue weighted by molar-refractivity contribution is 9.10. The van der Waals surface area contributed by atoms with Crippen LogP contribution < -0.4 is 5.56 Å². The van der Waals surface area contributed by atoms with E-state index in [0.717, 1.165) is 10.0 Å². The molecule has 4 rings (SSSR count). The van der Waals surface area contributed by atoms with Crippen molar-refractivity contribution in [2.45, 2.75) is 13.0 Å². The van der Waals surface area contributed by atoms with Crippen molar-refractivity contribution in [2.24, 2.45) is 0 Å². The fourth-order valence-corrected chi connectivity index (χ4v) is 3.50. The molecule has 1 heterocycles. The van der Waals surface area contributed by atoms with E-state index in [1.54, 1.807) is 34.9 Å². The van der Waals surface area contributed by atoms with Crippen molar-refractivity contribution >= 4 is 32.8 Å². The molecule has 5 nitrogen and oxygen atoms in total. The zero-order valence-corrected chi connectivity index (χ0v) is 17.7. The van der Waals surface area contributed by atoms with Gasteiger partial charge in [0.1, 0.15) is 5.82 Å². The first-order valence-electron chi connectivity index (χ1n) is 9.61. The Balaban J connectivity index is 1.54. The van der Waals surface area contributed by atoms with E-state index < -0.39 is 0 Å².